The third-order valence-electron chi connectivity index (χ3n) is 2.18. The van der Waals surface area contributed by atoms with Crippen LogP contribution in [0.2, 0.25) is 0 Å². The van der Waals surface area contributed by atoms with Gasteiger partial charge in [0.2, 0.25) is 0 Å². The summed E-state index contributed by atoms with van der Waals surface area (Å²) in [4.78, 5) is 10.7. The first-order valence-electron chi connectivity index (χ1n) is 4.79. The first kappa shape index (κ1) is 11.9. The summed E-state index contributed by atoms with van der Waals surface area (Å²) in [5, 5.41) is 0. The van der Waals surface area contributed by atoms with Crippen LogP contribution in [0.5, 0.6) is 0 Å². The first-order chi connectivity index (χ1) is 7.06. The van der Waals surface area contributed by atoms with Crippen LogP contribution < -0.4 is 0 Å². The van der Waals surface area contributed by atoms with Crippen LogP contribution in [0.25, 0.3) is 0 Å². The molecule has 1 aromatic rings. The fourth-order valence-corrected chi connectivity index (χ4v) is 2.64. The summed E-state index contributed by atoms with van der Waals surface area (Å²) in [6, 6.07) is 8.29. The lowest BCUT2D eigenvalue weighted by atomic mass is 10.1. The number of hydrogen-bond acceptors (Lipinski definition) is 3. The molecule has 1 rings (SSSR count). The quantitative estimate of drug-likeness (QED) is 0.718. The van der Waals surface area contributed by atoms with Gasteiger partial charge in [0, 0.05) is 5.92 Å². The zero-order chi connectivity index (χ0) is 11.3. The average Bonchev–Trinajstić information content (AvgIpc) is 2.27. The first-order valence-corrected chi connectivity index (χ1v) is 6.44. The molecule has 0 fully saturated rings. The molecule has 0 aromatic heterocycles. The fourth-order valence-electron chi connectivity index (χ4n) is 1.15. The van der Waals surface area contributed by atoms with Gasteiger partial charge in [0.05, 0.1) is 10.6 Å². The topological polar surface area (TPSA) is 51.2 Å². The van der Waals surface area contributed by atoms with Gasteiger partial charge in [-0.15, -0.1) is 0 Å². The van der Waals surface area contributed by atoms with Crippen molar-refractivity contribution >= 4 is 16.1 Å². The number of rotatable bonds is 5. The summed E-state index contributed by atoms with van der Waals surface area (Å²) in [5.74, 6) is -0.180. The Morgan fingerprint density at radius 2 is 1.87 bits per heavy atom. The summed E-state index contributed by atoms with van der Waals surface area (Å²) >= 11 is 0. The van der Waals surface area contributed by atoms with Crippen LogP contribution in [0.1, 0.15) is 13.3 Å². The van der Waals surface area contributed by atoms with Crippen molar-refractivity contribution < 1.29 is 13.2 Å². The highest BCUT2D eigenvalue weighted by atomic mass is 32.2. The fraction of sp³-hybridized carbons (Fsp3) is 0.364. The number of carbonyl (C=O) groups is 1. The van der Waals surface area contributed by atoms with Crippen molar-refractivity contribution in [1.29, 1.82) is 0 Å². The van der Waals surface area contributed by atoms with E-state index in [2.05, 4.69) is 0 Å². The average molecular weight is 226 g/mol. The maximum absolute atomic E-state index is 11.7. The van der Waals surface area contributed by atoms with Gasteiger partial charge in [0.1, 0.15) is 6.29 Å². The van der Waals surface area contributed by atoms with Gasteiger partial charge >= 0.3 is 0 Å². The minimum Gasteiger partial charge on any atom is -0.303 e. The Kier molecular flexibility index (Phi) is 4.03. The van der Waals surface area contributed by atoms with Crippen LogP contribution in [0.15, 0.2) is 35.2 Å². The third-order valence-corrected chi connectivity index (χ3v) is 3.94. The van der Waals surface area contributed by atoms with E-state index in [4.69, 9.17) is 0 Å². The molecule has 0 N–H and O–H groups in total. The van der Waals surface area contributed by atoms with E-state index >= 15 is 0 Å². The zero-order valence-corrected chi connectivity index (χ0v) is 9.41. The van der Waals surface area contributed by atoms with Crippen LogP contribution in [-0.4, -0.2) is 20.5 Å². The van der Waals surface area contributed by atoms with Crippen molar-refractivity contribution in [3.63, 3.8) is 0 Å². The molecule has 4 heteroatoms. The van der Waals surface area contributed by atoms with E-state index in [1.54, 1.807) is 37.3 Å². The lowest BCUT2D eigenvalue weighted by Gasteiger charge is -2.05. The van der Waals surface area contributed by atoms with E-state index in [0.717, 1.165) is 6.29 Å². The third kappa shape index (κ3) is 3.47. The highest BCUT2D eigenvalue weighted by molar-refractivity contribution is 7.91. The van der Waals surface area contributed by atoms with Gasteiger partial charge in [0.15, 0.2) is 9.84 Å². The van der Waals surface area contributed by atoms with Crippen LogP contribution >= 0.6 is 0 Å². The van der Waals surface area contributed by atoms with Crippen molar-refractivity contribution in [3.05, 3.63) is 30.3 Å². The number of carbonyl (C=O) groups excluding carboxylic acids is 1. The second-order valence-corrected chi connectivity index (χ2v) is 5.64. The number of hydrogen-bond donors (Lipinski definition) is 0. The summed E-state index contributed by atoms with van der Waals surface area (Å²) in [7, 11) is -3.22. The normalized spacial score (nSPS) is 13.4. The van der Waals surface area contributed by atoms with Crippen LogP contribution in [0, 0.1) is 5.92 Å². The van der Waals surface area contributed by atoms with Crippen molar-refractivity contribution in [2.45, 2.75) is 18.2 Å². The summed E-state index contributed by atoms with van der Waals surface area (Å²) in [6.45, 7) is 1.72. The number of sulfone groups is 1. The Morgan fingerprint density at radius 3 is 2.40 bits per heavy atom. The van der Waals surface area contributed by atoms with Crippen molar-refractivity contribution in [1.82, 2.24) is 0 Å². The molecule has 0 unspecified atom stereocenters. The molecule has 1 atom stereocenters. The Hall–Kier alpha value is -1.16. The molecule has 0 aliphatic carbocycles. The van der Waals surface area contributed by atoms with Gasteiger partial charge in [0.25, 0.3) is 0 Å². The highest BCUT2D eigenvalue weighted by Crippen LogP contribution is 2.12. The molecule has 0 heterocycles. The molecule has 0 saturated carbocycles. The van der Waals surface area contributed by atoms with Gasteiger partial charge in [-0.1, -0.05) is 25.1 Å². The van der Waals surface area contributed by atoms with E-state index < -0.39 is 9.84 Å². The van der Waals surface area contributed by atoms with Crippen LogP contribution in [0.3, 0.4) is 0 Å². The Morgan fingerprint density at radius 1 is 1.27 bits per heavy atom. The van der Waals surface area contributed by atoms with Crippen molar-refractivity contribution in [3.8, 4) is 0 Å². The molecule has 0 bridgehead atoms. The molecule has 1 aromatic carbocycles. The number of aldehydes is 1. The summed E-state index contributed by atoms with van der Waals surface area (Å²) < 4.78 is 23.5. The molecule has 15 heavy (non-hydrogen) atoms. The molecule has 0 radical (unpaired) electrons. The van der Waals surface area contributed by atoms with Gasteiger partial charge in [-0.3, -0.25) is 0 Å². The molecule has 82 valence electrons. The summed E-state index contributed by atoms with van der Waals surface area (Å²) in [6.07, 6.45) is 1.15. The molecular weight excluding hydrogens is 212 g/mol. The molecule has 0 spiro atoms. The Bertz CT molecular complexity index is 409. The minimum atomic E-state index is -3.22. The van der Waals surface area contributed by atoms with E-state index in [1.165, 1.54) is 0 Å². The maximum atomic E-state index is 11.7. The van der Waals surface area contributed by atoms with Gasteiger partial charge in [-0.2, -0.15) is 0 Å². The second kappa shape index (κ2) is 5.07. The Balaban J connectivity index is 2.73. The minimum absolute atomic E-state index is 0.0247. The predicted molar refractivity (Wildman–Crippen MR) is 58.3 cm³/mol. The monoisotopic (exact) mass is 226 g/mol. The van der Waals surface area contributed by atoms with Crippen molar-refractivity contribution in [2.75, 3.05) is 5.75 Å². The van der Waals surface area contributed by atoms with E-state index in [9.17, 15) is 13.2 Å². The lowest BCUT2D eigenvalue weighted by molar-refractivity contribution is -0.110. The van der Waals surface area contributed by atoms with E-state index in [0.29, 0.717) is 11.3 Å². The second-order valence-electron chi connectivity index (χ2n) is 3.53. The number of benzene rings is 1. The largest absolute Gasteiger partial charge is 0.303 e. The smallest absolute Gasteiger partial charge is 0.178 e. The molecule has 0 amide bonds. The highest BCUT2D eigenvalue weighted by Gasteiger charge is 2.14. The van der Waals surface area contributed by atoms with Gasteiger partial charge in [-0.05, 0) is 18.6 Å². The molecule has 3 nitrogen and oxygen atoms in total. The SMILES string of the molecule is C[C@H](C=O)CCS(=O)(=O)c1ccccc1. The lowest BCUT2D eigenvalue weighted by Crippen LogP contribution is -2.10. The van der Waals surface area contributed by atoms with E-state index in [-0.39, 0.29) is 11.7 Å². The standard InChI is InChI=1S/C11H14O3S/c1-10(9-12)7-8-15(13,14)11-5-3-2-4-6-11/h2-6,9-10H,7-8H2,1H3/t10-/m0/s1. The van der Waals surface area contributed by atoms with Crippen LogP contribution in [-0.2, 0) is 14.6 Å². The maximum Gasteiger partial charge on any atom is 0.178 e. The Labute approximate surface area is 90.0 Å². The zero-order valence-electron chi connectivity index (χ0n) is 8.59. The van der Waals surface area contributed by atoms with Gasteiger partial charge < -0.3 is 4.79 Å². The van der Waals surface area contributed by atoms with Crippen molar-refractivity contribution in [2.24, 2.45) is 5.92 Å². The molecule has 0 aliphatic rings. The summed E-state index contributed by atoms with van der Waals surface area (Å²) in [5.41, 5.74) is 0. The van der Waals surface area contributed by atoms with Crippen LogP contribution in [0.4, 0.5) is 0 Å². The molecule has 0 aliphatic heterocycles. The van der Waals surface area contributed by atoms with E-state index in [1.807, 2.05) is 0 Å². The predicted octanol–water partition coefficient (Wildman–Crippen LogP) is 1.69. The molecular formula is C11H14O3S. The van der Waals surface area contributed by atoms with Gasteiger partial charge in [-0.25, -0.2) is 8.42 Å². The molecule has 0 saturated heterocycles.